The molecule has 7 nitrogen and oxygen atoms in total. The summed E-state index contributed by atoms with van der Waals surface area (Å²) < 4.78 is 0. The third-order valence-corrected chi connectivity index (χ3v) is 4.36. The number of nitro groups is 1. The van der Waals surface area contributed by atoms with E-state index in [2.05, 4.69) is 10.4 Å². The van der Waals surface area contributed by atoms with Gasteiger partial charge in [-0.3, -0.25) is 10.1 Å². The fourth-order valence-electron chi connectivity index (χ4n) is 2.85. The highest BCUT2D eigenvalue weighted by molar-refractivity contribution is 6.31. The van der Waals surface area contributed by atoms with Crippen molar-refractivity contribution in [2.75, 3.05) is 0 Å². The minimum atomic E-state index is -0.461. The Bertz CT molecular complexity index is 997. The molecule has 1 aliphatic heterocycles. The highest BCUT2D eigenvalue weighted by Crippen LogP contribution is 2.27. The number of fused-ring (bicyclic) bond motifs is 1. The Balaban J connectivity index is 2.16. The lowest BCUT2D eigenvalue weighted by molar-refractivity contribution is -0.384. The van der Waals surface area contributed by atoms with Gasteiger partial charge in [-0.15, -0.1) is 0 Å². The molecular formula is C20H19ClN4O3. The second-order valence-corrected chi connectivity index (χ2v) is 7.12. The van der Waals surface area contributed by atoms with E-state index in [1.54, 1.807) is 31.2 Å². The van der Waals surface area contributed by atoms with Gasteiger partial charge in [0.2, 0.25) is 0 Å². The third-order valence-electron chi connectivity index (χ3n) is 4.13. The number of amides is 2. The number of halogens is 1. The van der Waals surface area contributed by atoms with Gasteiger partial charge in [-0.25, -0.2) is 4.79 Å². The average molecular weight is 399 g/mol. The van der Waals surface area contributed by atoms with Gasteiger partial charge in [-0.1, -0.05) is 17.7 Å². The zero-order valence-electron chi connectivity index (χ0n) is 15.6. The fourth-order valence-corrected chi connectivity index (χ4v) is 3.02. The summed E-state index contributed by atoms with van der Waals surface area (Å²) in [5, 5.41) is 20.2. The summed E-state index contributed by atoms with van der Waals surface area (Å²) in [7, 11) is 0. The first-order chi connectivity index (χ1) is 13.3. The van der Waals surface area contributed by atoms with Gasteiger partial charge in [0.05, 0.1) is 10.6 Å². The monoisotopic (exact) mass is 398 g/mol. The largest absolute Gasteiger partial charge is 0.342 e. The number of nitro benzene ring substituents is 1. The van der Waals surface area contributed by atoms with E-state index in [4.69, 9.17) is 11.6 Å². The Hall–Kier alpha value is -3.19. The first-order valence-corrected chi connectivity index (χ1v) is 9.06. The number of hydrogen-bond donors (Lipinski definition) is 1. The number of rotatable bonds is 3. The molecule has 3 rings (SSSR count). The maximum absolute atomic E-state index is 12.7. The number of allylic oxidation sites excluding steroid dienone is 1. The fraction of sp³-hybridized carbons (Fsp3) is 0.200. The Labute approximate surface area is 167 Å². The van der Waals surface area contributed by atoms with Crippen LogP contribution in [0.3, 0.4) is 0 Å². The zero-order chi connectivity index (χ0) is 20.4. The van der Waals surface area contributed by atoms with Crippen LogP contribution in [0.25, 0.3) is 6.08 Å². The predicted molar refractivity (Wildman–Crippen MR) is 109 cm³/mol. The summed E-state index contributed by atoms with van der Waals surface area (Å²) >= 11 is 6.20. The molecule has 0 fully saturated rings. The van der Waals surface area contributed by atoms with E-state index < -0.39 is 4.92 Å². The molecule has 1 heterocycles. The first kappa shape index (κ1) is 19.6. The van der Waals surface area contributed by atoms with E-state index in [-0.39, 0.29) is 17.8 Å². The minimum absolute atomic E-state index is 0.0204. The van der Waals surface area contributed by atoms with Crippen LogP contribution in [-0.2, 0) is 0 Å². The van der Waals surface area contributed by atoms with Gasteiger partial charge < -0.3 is 5.32 Å². The molecule has 1 N–H and O–H groups in total. The summed E-state index contributed by atoms with van der Waals surface area (Å²) in [5.41, 5.74) is 3.34. The van der Waals surface area contributed by atoms with Crippen molar-refractivity contribution in [2.45, 2.75) is 26.8 Å². The molecule has 144 valence electrons. The summed E-state index contributed by atoms with van der Waals surface area (Å²) in [6, 6.07) is 11.0. The lowest BCUT2D eigenvalue weighted by Crippen LogP contribution is -2.39. The highest BCUT2D eigenvalue weighted by atomic mass is 35.5. The third kappa shape index (κ3) is 4.04. The quantitative estimate of drug-likeness (QED) is 0.595. The number of non-ortho nitro benzene ring substituents is 1. The normalized spacial score (nSPS) is 13.4. The Kier molecular flexibility index (Phi) is 5.46. The van der Waals surface area contributed by atoms with E-state index >= 15 is 0 Å². The number of carbonyl (C=O) groups excluding carboxylic acids is 1. The van der Waals surface area contributed by atoms with Crippen LogP contribution in [0.15, 0.2) is 53.3 Å². The van der Waals surface area contributed by atoms with Crippen molar-refractivity contribution >= 4 is 35.1 Å². The topological polar surface area (TPSA) is 87.8 Å². The van der Waals surface area contributed by atoms with Crippen molar-refractivity contribution < 1.29 is 9.72 Å². The van der Waals surface area contributed by atoms with Crippen LogP contribution >= 0.6 is 11.6 Å². The standard InChI is InChI=1S/C20H19ClN4O3/c1-12(2)22-20(26)24-13(3)10-15-4-7-16(21)11-18(15)19(23-24)14-5-8-17(9-6-14)25(27)28/h4-12H,1-3H3,(H,22,26). The molecule has 2 aromatic rings. The number of hydrazone groups is 1. The maximum atomic E-state index is 12.7. The lowest BCUT2D eigenvalue weighted by atomic mass is 9.97. The molecule has 2 amide bonds. The van der Waals surface area contributed by atoms with Gasteiger partial charge in [-0.05, 0) is 56.7 Å². The van der Waals surface area contributed by atoms with Crippen molar-refractivity contribution in [3.8, 4) is 0 Å². The van der Waals surface area contributed by atoms with Crippen LogP contribution in [-0.4, -0.2) is 27.7 Å². The van der Waals surface area contributed by atoms with Crippen LogP contribution in [0.2, 0.25) is 5.02 Å². The molecule has 28 heavy (non-hydrogen) atoms. The van der Waals surface area contributed by atoms with Gasteiger partial charge >= 0.3 is 6.03 Å². The van der Waals surface area contributed by atoms with Crippen LogP contribution in [0, 0.1) is 10.1 Å². The molecule has 0 aliphatic carbocycles. The van der Waals surface area contributed by atoms with Crippen molar-refractivity contribution in [1.29, 1.82) is 0 Å². The Morgan fingerprint density at radius 3 is 2.50 bits per heavy atom. The molecule has 0 atom stereocenters. The zero-order valence-corrected chi connectivity index (χ0v) is 16.4. The highest BCUT2D eigenvalue weighted by Gasteiger charge is 2.23. The van der Waals surface area contributed by atoms with Crippen molar-refractivity contribution in [2.24, 2.45) is 5.10 Å². The molecule has 0 spiro atoms. The number of benzene rings is 2. The number of carbonyl (C=O) groups is 1. The molecule has 2 aromatic carbocycles. The van der Waals surface area contributed by atoms with Crippen molar-refractivity contribution in [1.82, 2.24) is 10.3 Å². The summed E-state index contributed by atoms with van der Waals surface area (Å²) in [5.74, 6) is 0. The number of nitrogens with one attached hydrogen (secondary N) is 1. The van der Waals surface area contributed by atoms with E-state index in [0.29, 0.717) is 22.0 Å². The minimum Gasteiger partial charge on any atom is -0.334 e. The number of nitrogens with zero attached hydrogens (tertiary/aromatic N) is 3. The average Bonchev–Trinajstić information content (AvgIpc) is 2.77. The van der Waals surface area contributed by atoms with Gasteiger partial charge in [-0.2, -0.15) is 10.1 Å². The van der Waals surface area contributed by atoms with Crippen molar-refractivity contribution in [3.05, 3.63) is 80.0 Å². The second-order valence-electron chi connectivity index (χ2n) is 6.69. The van der Waals surface area contributed by atoms with E-state index in [0.717, 1.165) is 11.1 Å². The van der Waals surface area contributed by atoms with Gasteiger partial charge in [0, 0.05) is 40.0 Å². The molecule has 0 bridgehead atoms. The first-order valence-electron chi connectivity index (χ1n) is 8.68. The summed E-state index contributed by atoms with van der Waals surface area (Å²) in [6.45, 7) is 5.52. The van der Waals surface area contributed by atoms with Gasteiger partial charge in [0.15, 0.2) is 0 Å². The smallest absolute Gasteiger partial charge is 0.334 e. The van der Waals surface area contributed by atoms with Gasteiger partial charge in [0.1, 0.15) is 0 Å². The number of urea groups is 1. The van der Waals surface area contributed by atoms with E-state index in [1.165, 1.54) is 17.1 Å². The predicted octanol–water partition coefficient (Wildman–Crippen LogP) is 4.80. The maximum Gasteiger partial charge on any atom is 0.342 e. The second kappa shape index (κ2) is 7.82. The van der Waals surface area contributed by atoms with Gasteiger partial charge in [0.25, 0.3) is 5.69 Å². The summed E-state index contributed by atoms with van der Waals surface area (Å²) in [4.78, 5) is 23.2. The molecule has 0 saturated heterocycles. The molecule has 8 heteroatoms. The number of hydrogen-bond acceptors (Lipinski definition) is 4. The van der Waals surface area contributed by atoms with Crippen LogP contribution in [0.4, 0.5) is 10.5 Å². The molecule has 0 radical (unpaired) electrons. The van der Waals surface area contributed by atoms with E-state index in [1.807, 2.05) is 26.0 Å². The molecule has 1 aliphatic rings. The van der Waals surface area contributed by atoms with Crippen LogP contribution in [0.5, 0.6) is 0 Å². The molecule has 0 unspecified atom stereocenters. The Morgan fingerprint density at radius 1 is 1.21 bits per heavy atom. The van der Waals surface area contributed by atoms with Crippen LogP contribution < -0.4 is 5.32 Å². The van der Waals surface area contributed by atoms with Crippen LogP contribution in [0.1, 0.15) is 37.5 Å². The molecule has 0 aromatic heterocycles. The SMILES string of the molecule is CC1=Cc2ccc(Cl)cc2C(c2ccc([N+](=O)[O-])cc2)=NN1C(=O)NC(C)C. The van der Waals surface area contributed by atoms with Crippen molar-refractivity contribution in [3.63, 3.8) is 0 Å². The summed E-state index contributed by atoms with van der Waals surface area (Å²) in [6.07, 6.45) is 1.85. The van der Waals surface area contributed by atoms with E-state index in [9.17, 15) is 14.9 Å². The Morgan fingerprint density at radius 2 is 1.89 bits per heavy atom. The molecular weight excluding hydrogens is 380 g/mol. The molecule has 0 saturated carbocycles. The lowest BCUT2D eigenvalue weighted by Gasteiger charge is -2.20.